The highest BCUT2D eigenvalue weighted by atomic mass is 16.1. The third-order valence-electron chi connectivity index (χ3n) is 6.15. The predicted octanol–water partition coefficient (Wildman–Crippen LogP) is 6.09. The molecular formula is C26H34N2O2. The maximum Gasteiger partial charge on any atom is 0.196 e. The van der Waals surface area contributed by atoms with Crippen molar-refractivity contribution in [3.05, 3.63) is 58.1 Å². The second-order valence-corrected chi connectivity index (χ2v) is 8.42. The molecule has 1 aliphatic carbocycles. The molecule has 4 N–H and O–H groups in total. The molecule has 3 rings (SSSR count). The Morgan fingerprint density at radius 1 is 0.700 bits per heavy atom. The first-order valence-corrected chi connectivity index (χ1v) is 11.5. The van der Waals surface area contributed by atoms with E-state index in [-0.39, 0.29) is 17.1 Å². The van der Waals surface area contributed by atoms with E-state index in [0.717, 1.165) is 24.8 Å². The second-order valence-electron chi connectivity index (χ2n) is 8.42. The van der Waals surface area contributed by atoms with E-state index >= 15 is 0 Å². The quantitative estimate of drug-likeness (QED) is 0.298. The highest BCUT2D eigenvalue weighted by molar-refractivity contribution is 6.31. The van der Waals surface area contributed by atoms with Crippen LogP contribution in [0.5, 0.6) is 0 Å². The summed E-state index contributed by atoms with van der Waals surface area (Å²) < 4.78 is 0. The van der Waals surface area contributed by atoms with Crippen molar-refractivity contribution in [2.45, 2.75) is 77.6 Å². The van der Waals surface area contributed by atoms with E-state index in [1.165, 1.54) is 51.4 Å². The molecule has 0 radical (unpaired) electrons. The number of unbranched alkanes of at least 4 members (excludes halogenated alkanes) is 9. The molecule has 0 saturated heterocycles. The maximum absolute atomic E-state index is 13.0. The fourth-order valence-electron chi connectivity index (χ4n) is 4.42. The van der Waals surface area contributed by atoms with Crippen LogP contribution in [0.4, 0.5) is 11.4 Å². The lowest BCUT2D eigenvalue weighted by molar-refractivity contribution is 0.0980. The van der Waals surface area contributed by atoms with Gasteiger partial charge in [-0.1, -0.05) is 89.0 Å². The molecule has 1 aliphatic rings. The standard InChI is InChI=1S/C26H34N2O2/c1-2-3-4-5-6-7-8-9-10-11-14-18-17-21(27)22-23(24(18)28)26(30)20-16-13-12-15-19(20)25(22)29/h12-13,15-17H,2-11,14,27-28H2,1H3. The molecule has 0 heterocycles. The van der Waals surface area contributed by atoms with Crippen molar-refractivity contribution in [3.63, 3.8) is 0 Å². The Morgan fingerprint density at radius 2 is 1.20 bits per heavy atom. The number of carbonyl (C=O) groups is 2. The van der Waals surface area contributed by atoms with Crippen LogP contribution in [-0.4, -0.2) is 11.6 Å². The molecule has 4 heteroatoms. The van der Waals surface area contributed by atoms with E-state index in [0.29, 0.717) is 28.1 Å². The summed E-state index contributed by atoms with van der Waals surface area (Å²) in [6.45, 7) is 2.25. The van der Waals surface area contributed by atoms with Gasteiger partial charge in [0.1, 0.15) is 0 Å². The summed E-state index contributed by atoms with van der Waals surface area (Å²) in [5.41, 5.74) is 15.6. The van der Waals surface area contributed by atoms with Gasteiger partial charge in [0, 0.05) is 22.5 Å². The van der Waals surface area contributed by atoms with Crippen molar-refractivity contribution in [1.29, 1.82) is 0 Å². The van der Waals surface area contributed by atoms with Gasteiger partial charge in [-0.25, -0.2) is 0 Å². The normalized spacial score (nSPS) is 12.7. The monoisotopic (exact) mass is 406 g/mol. The number of hydrogen-bond acceptors (Lipinski definition) is 4. The van der Waals surface area contributed by atoms with Crippen LogP contribution in [0.3, 0.4) is 0 Å². The molecule has 0 unspecified atom stereocenters. The minimum Gasteiger partial charge on any atom is -0.398 e. The van der Waals surface area contributed by atoms with E-state index in [1.54, 1.807) is 30.3 Å². The average Bonchev–Trinajstić information content (AvgIpc) is 2.75. The van der Waals surface area contributed by atoms with Crippen molar-refractivity contribution >= 4 is 22.9 Å². The lowest BCUT2D eigenvalue weighted by atomic mass is 9.81. The van der Waals surface area contributed by atoms with Gasteiger partial charge in [0.25, 0.3) is 0 Å². The van der Waals surface area contributed by atoms with Crippen molar-refractivity contribution in [2.75, 3.05) is 11.5 Å². The molecule has 30 heavy (non-hydrogen) atoms. The zero-order valence-corrected chi connectivity index (χ0v) is 18.1. The number of benzene rings is 2. The zero-order chi connectivity index (χ0) is 21.5. The lowest BCUT2D eigenvalue weighted by Crippen LogP contribution is -2.24. The molecule has 0 spiro atoms. The smallest absolute Gasteiger partial charge is 0.196 e. The summed E-state index contributed by atoms with van der Waals surface area (Å²) in [5, 5.41) is 0. The van der Waals surface area contributed by atoms with Crippen LogP contribution in [0.2, 0.25) is 0 Å². The number of fused-ring (bicyclic) bond motifs is 2. The SMILES string of the molecule is CCCCCCCCCCCCc1cc(N)c2c(c1N)C(=O)c1ccccc1C2=O. The Balaban J connectivity index is 1.59. The van der Waals surface area contributed by atoms with Crippen molar-refractivity contribution in [2.24, 2.45) is 0 Å². The molecule has 0 saturated carbocycles. The molecule has 2 aromatic carbocycles. The fraction of sp³-hybridized carbons (Fsp3) is 0.462. The largest absolute Gasteiger partial charge is 0.398 e. The van der Waals surface area contributed by atoms with E-state index in [2.05, 4.69) is 6.92 Å². The summed E-state index contributed by atoms with van der Waals surface area (Å²) in [7, 11) is 0. The fourth-order valence-corrected chi connectivity index (χ4v) is 4.42. The van der Waals surface area contributed by atoms with Gasteiger partial charge in [0.15, 0.2) is 11.6 Å². The second kappa shape index (κ2) is 10.4. The zero-order valence-electron chi connectivity index (χ0n) is 18.1. The van der Waals surface area contributed by atoms with Gasteiger partial charge in [-0.3, -0.25) is 9.59 Å². The van der Waals surface area contributed by atoms with Gasteiger partial charge in [-0.2, -0.15) is 0 Å². The molecular weight excluding hydrogens is 372 g/mol. The van der Waals surface area contributed by atoms with Crippen LogP contribution in [-0.2, 0) is 6.42 Å². The third kappa shape index (κ3) is 4.75. The first kappa shape index (κ1) is 22.1. The lowest BCUT2D eigenvalue weighted by Gasteiger charge is -2.22. The van der Waals surface area contributed by atoms with Crippen molar-refractivity contribution in [1.82, 2.24) is 0 Å². The number of carbonyl (C=O) groups excluding carboxylic acids is 2. The molecule has 0 amide bonds. The Kier molecular flexibility index (Phi) is 7.67. The van der Waals surface area contributed by atoms with E-state index in [4.69, 9.17) is 11.5 Å². The minimum atomic E-state index is -0.213. The van der Waals surface area contributed by atoms with Crippen molar-refractivity contribution < 1.29 is 9.59 Å². The number of rotatable bonds is 11. The van der Waals surface area contributed by atoms with E-state index in [1.807, 2.05) is 0 Å². The van der Waals surface area contributed by atoms with Crippen LogP contribution in [0.15, 0.2) is 30.3 Å². The van der Waals surface area contributed by atoms with Crippen LogP contribution < -0.4 is 11.5 Å². The first-order valence-electron chi connectivity index (χ1n) is 11.5. The summed E-state index contributed by atoms with van der Waals surface area (Å²) in [4.78, 5) is 25.9. The molecule has 4 nitrogen and oxygen atoms in total. The van der Waals surface area contributed by atoms with Crippen LogP contribution in [0.25, 0.3) is 0 Å². The highest BCUT2D eigenvalue weighted by Crippen LogP contribution is 2.36. The van der Waals surface area contributed by atoms with Gasteiger partial charge < -0.3 is 11.5 Å². The average molecular weight is 407 g/mol. The molecule has 0 aliphatic heterocycles. The topological polar surface area (TPSA) is 86.2 Å². The summed E-state index contributed by atoms with van der Waals surface area (Å²) in [5.74, 6) is -0.413. The number of nitrogen functional groups attached to an aromatic ring is 2. The summed E-state index contributed by atoms with van der Waals surface area (Å²) in [6, 6.07) is 8.67. The number of anilines is 2. The predicted molar refractivity (Wildman–Crippen MR) is 124 cm³/mol. The number of nitrogens with two attached hydrogens (primary N) is 2. The van der Waals surface area contributed by atoms with Crippen LogP contribution in [0.1, 0.15) is 109 Å². The Hall–Kier alpha value is -2.62. The van der Waals surface area contributed by atoms with Gasteiger partial charge in [-0.05, 0) is 24.5 Å². The number of ketones is 2. The molecule has 0 fully saturated rings. The molecule has 160 valence electrons. The Labute approximate surface area is 180 Å². The third-order valence-corrected chi connectivity index (χ3v) is 6.15. The summed E-state index contributed by atoms with van der Waals surface area (Å²) in [6.07, 6.45) is 13.4. The van der Waals surface area contributed by atoms with Crippen LogP contribution in [0, 0.1) is 0 Å². The maximum atomic E-state index is 13.0. The number of hydrogen-bond donors (Lipinski definition) is 2. The molecule has 2 aromatic rings. The Morgan fingerprint density at radius 3 is 1.77 bits per heavy atom. The molecule has 0 atom stereocenters. The van der Waals surface area contributed by atoms with Gasteiger partial charge >= 0.3 is 0 Å². The highest BCUT2D eigenvalue weighted by Gasteiger charge is 2.33. The van der Waals surface area contributed by atoms with Gasteiger partial charge in [-0.15, -0.1) is 0 Å². The van der Waals surface area contributed by atoms with E-state index < -0.39 is 0 Å². The van der Waals surface area contributed by atoms with E-state index in [9.17, 15) is 9.59 Å². The van der Waals surface area contributed by atoms with Gasteiger partial charge in [0.05, 0.1) is 11.1 Å². The minimum absolute atomic E-state index is 0.200. The Bertz CT molecular complexity index is 917. The molecule has 0 bridgehead atoms. The van der Waals surface area contributed by atoms with Crippen LogP contribution >= 0.6 is 0 Å². The van der Waals surface area contributed by atoms with Gasteiger partial charge in [0.2, 0.25) is 0 Å². The first-order chi connectivity index (χ1) is 14.6. The van der Waals surface area contributed by atoms with Crippen molar-refractivity contribution in [3.8, 4) is 0 Å². The molecule has 0 aromatic heterocycles. The summed E-state index contributed by atoms with van der Waals surface area (Å²) >= 11 is 0. The number of aryl methyl sites for hydroxylation is 1.